The van der Waals surface area contributed by atoms with Crippen molar-refractivity contribution in [1.82, 2.24) is 0 Å². The van der Waals surface area contributed by atoms with Crippen molar-refractivity contribution in [2.45, 2.75) is 6.92 Å². The number of methoxy groups -OCH3 is 2. The van der Waals surface area contributed by atoms with Crippen LogP contribution >= 0.6 is 0 Å². The van der Waals surface area contributed by atoms with Crippen molar-refractivity contribution >= 4 is 12.1 Å². The smallest absolute Gasteiger partial charge is 0.193 e. The molecule has 0 aliphatic rings. The Balaban J connectivity index is 2.47. The molecule has 0 N–H and O–H groups in total. The van der Waals surface area contributed by atoms with Gasteiger partial charge in [-0.1, -0.05) is 12.1 Å². The first-order valence-electron chi connectivity index (χ1n) is 6.43. The van der Waals surface area contributed by atoms with Crippen LogP contribution in [0.25, 0.3) is 0 Å². The van der Waals surface area contributed by atoms with Crippen molar-refractivity contribution in [2.75, 3.05) is 14.2 Å². The number of hydrogen-bond acceptors (Lipinski definition) is 4. The zero-order chi connectivity index (χ0) is 15.4. The Labute approximate surface area is 123 Å². The summed E-state index contributed by atoms with van der Waals surface area (Å²) in [6.07, 6.45) is 0.727. The minimum Gasteiger partial charge on any atom is -0.493 e. The lowest BCUT2D eigenvalue weighted by Gasteiger charge is -2.10. The van der Waals surface area contributed by atoms with E-state index in [1.54, 1.807) is 36.4 Å². The van der Waals surface area contributed by atoms with Gasteiger partial charge in [-0.3, -0.25) is 9.59 Å². The van der Waals surface area contributed by atoms with Gasteiger partial charge in [-0.05, 0) is 36.8 Å². The van der Waals surface area contributed by atoms with E-state index < -0.39 is 0 Å². The number of aryl methyl sites for hydroxylation is 1. The number of benzene rings is 2. The maximum atomic E-state index is 12.6. The van der Waals surface area contributed by atoms with Crippen LogP contribution in [0.15, 0.2) is 36.4 Å². The summed E-state index contributed by atoms with van der Waals surface area (Å²) in [4.78, 5) is 23.5. The Bertz CT molecular complexity index is 689. The lowest BCUT2D eigenvalue weighted by atomic mass is 9.97. The van der Waals surface area contributed by atoms with E-state index in [0.717, 1.165) is 11.8 Å². The Morgan fingerprint density at radius 3 is 2.33 bits per heavy atom. The molecule has 0 amide bonds. The van der Waals surface area contributed by atoms with E-state index in [4.69, 9.17) is 9.47 Å². The molecule has 0 aliphatic heterocycles. The molecule has 0 saturated heterocycles. The van der Waals surface area contributed by atoms with Crippen LogP contribution in [0.2, 0.25) is 0 Å². The summed E-state index contributed by atoms with van der Waals surface area (Å²) in [5, 5.41) is 0. The van der Waals surface area contributed by atoms with Gasteiger partial charge in [0.2, 0.25) is 0 Å². The van der Waals surface area contributed by atoms with Crippen molar-refractivity contribution < 1.29 is 19.1 Å². The molecule has 108 valence electrons. The average Bonchev–Trinajstić information content (AvgIpc) is 2.54. The van der Waals surface area contributed by atoms with Gasteiger partial charge in [0.25, 0.3) is 0 Å². The number of rotatable bonds is 5. The van der Waals surface area contributed by atoms with Gasteiger partial charge in [0.15, 0.2) is 17.3 Å². The SMILES string of the molecule is COc1ccc(C(=O)c2cc(C=O)ccc2C)cc1OC. The summed E-state index contributed by atoms with van der Waals surface area (Å²) in [6.45, 7) is 1.84. The van der Waals surface area contributed by atoms with Crippen LogP contribution in [0.3, 0.4) is 0 Å². The highest BCUT2D eigenvalue weighted by molar-refractivity contribution is 6.10. The number of carbonyl (C=O) groups is 2. The second kappa shape index (κ2) is 6.22. The fourth-order valence-corrected chi connectivity index (χ4v) is 2.09. The molecule has 4 nitrogen and oxygen atoms in total. The number of hydrogen-bond donors (Lipinski definition) is 0. The Kier molecular flexibility index (Phi) is 4.38. The molecule has 21 heavy (non-hydrogen) atoms. The zero-order valence-electron chi connectivity index (χ0n) is 12.2. The molecule has 0 spiro atoms. The van der Waals surface area contributed by atoms with E-state index in [9.17, 15) is 9.59 Å². The van der Waals surface area contributed by atoms with Gasteiger partial charge in [-0.15, -0.1) is 0 Å². The number of ether oxygens (including phenoxy) is 2. The van der Waals surface area contributed by atoms with Gasteiger partial charge in [-0.2, -0.15) is 0 Å². The maximum absolute atomic E-state index is 12.6. The highest BCUT2D eigenvalue weighted by Crippen LogP contribution is 2.29. The van der Waals surface area contributed by atoms with E-state index in [1.165, 1.54) is 14.2 Å². The summed E-state index contributed by atoms with van der Waals surface area (Å²) in [5.41, 5.74) is 2.29. The molecular formula is C17H16O4. The largest absolute Gasteiger partial charge is 0.493 e. The van der Waals surface area contributed by atoms with Crippen LogP contribution in [-0.4, -0.2) is 26.3 Å². The lowest BCUT2D eigenvalue weighted by Crippen LogP contribution is -2.05. The van der Waals surface area contributed by atoms with Crippen LogP contribution in [0.1, 0.15) is 31.8 Å². The number of aldehydes is 1. The first kappa shape index (κ1) is 14.8. The predicted octanol–water partition coefficient (Wildman–Crippen LogP) is 3.06. The molecule has 2 aromatic rings. The van der Waals surface area contributed by atoms with E-state index in [2.05, 4.69) is 0 Å². The molecule has 0 aromatic heterocycles. The van der Waals surface area contributed by atoms with Gasteiger partial charge in [0.1, 0.15) is 6.29 Å². The lowest BCUT2D eigenvalue weighted by molar-refractivity contribution is 0.103. The van der Waals surface area contributed by atoms with Gasteiger partial charge < -0.3 is 9.47 Å². The number of carbonyl (C=O) groups excluding carboxylic acids is 2. The molecule has 4 heteroatoms. The van der Waals surface area contributed by atoms with Crippen LogP contribution in [0.5, 0.6) is 11.5 Å². The molecule has 0 radical (unpaired) electrons. The van der Waals surface area contributed by atoms with E-state index in [0.29, 0.717) is 28.2 Å². The van der Waals surface area contributed by atoms with Gasteiger partial charge in [0.05, 0.1) is 14.2 Å². The average molecular weight is 284 g/mol. The summed E-state index contributed by atoms with van der Waals surface area (Å²) in [5.74, 6) is 0.900. The fraction of sp³-hybridized carbons (Fsp3) is 0.176. The Hall–Kier alpha value is -2.62. The topological polar surface area (TPSA) is 52.6 Å². The van der Waals surface area contributed by atoms with E-state index >= 15 is 0 Å². The highest BCUT2D eigenvalue weighted by Gasteiger charge is 2.15. The van der Waals surface area contributed by atoms with E-state index in [-0.39, 0.29) is 5.78 Å². The first-order valence-corrected chi connectivity index (χ1v) is 6.43. The van der Waals surface area contributed by atoms with Crippen LogP contribution < -0.4 is 9.47 Å². The molecule has 0 saturated carbocycles. The minimum absolute atomic E-state index is 0.155. The molecule has 0 fully saturated rings. The standard InChI is InChI=1S/C17H16O4/c1-11-4-5-12(10-18)8-14(11)17(19)13-6-7-15(20-2)16(9-13)21-3/h4-10H,1-3H3. The van der Waals surface area contributed by atoms with Crippen molar-refractivity contribution in [2.24, 2.45) is 0 Å². The van der Waals surface area contributed by atoms with Gasteiger partial charge in [-0.25, -0.2) is 0 Å². The Morgan fingerprint density at radius 2 is 1.71 bits per heavy atom. The summed E-state index contributed by atoms with van der Waals surface area (Å²) in [7, 11) is 3.06. The second-order valence-electron chi connectivity index (χ2n) is 4.59. The summed E-state index contributed by atoms with van der Waals surface area (Å²) >= 11 is 0. The van der Waals surface area contributed by atoms with Gasteiger partial charge in [0, 0.05) is 16.7 Å². The maximum Gasteiger partial charge on any atom is 0.193 e. The summed E-state index contributed by atoms with van der Waals surface area (Å²) < 4.78 is 10.4. The molecular weight excluding hydrogens is 268 g/mol. The van der Waals surface area contributed by atoms with Crippen molar-refractivity contribution in [3.8, 4) is 11.5 Å². The molecule has 0 aliphatic carbocycles. The molecule has 0 atom stereocenters. The summed E-state index contributed by atoms with van der Waals surface area (Å²) in [6, 6.07) is 10.0. The van der Waals surface area contributed by atoms with Crippen molar-refractivity contribution in [3.05, 3.63) is 58.7 Å². The quantitative estimate of drug-likeness (QED) is 0.625. The molecule has 2 rings (SSSR count). The third-order valence-corrected chi connectivity index (χ3v) is 3.29. The monoisotopic (exact) mass is 284 g/mol. The van der Waals surface area contributed by atoms with Crippen molar-refractivity contribution in [3.63, 3.8) is 0 Å². The molecule has 0 unspecified atom stereocenters. The van der Waals surface area contributed by atoms with Gasteiger partial charge >= 0.3 is 0 Å². The number of ketones is 1. The Morgan fingerprint density at radius 1 is 1.00 bits per heavy atom. The van der Waals surface area contributed by atoms with Crippen LogP contribution in [0.4, 0.5) is 0 Å². The molecule has 0 bridgehead atoms. The van der Waals surface area contributed by atoms with Crippen LogP contribution in [-0.2, 0) is 0 Å². The third kappa shape index (κ3) is 2.94. The van der Waals surface area contributed by atoms with Crippen molar-refractivity contribution in [1.29, 1.82) is 0 Å². The first-order chi connectivity index (χ1) is 10.1. The molecule has 2 aromatic carbocycles. The fourth-order valence-electron chi connectivity index (χ4n) is 2.09. The normalized spacial score (nSPS) is 10.0. The third-order valence-electron chi connectivity index (χ3n) is 3.29. The highest BCUT2D eigenvalue weighted by atomic mass is 16.5. The predicted molar refractivity (Wildman–Crippen MR) is 79.5 cm³/mol. The second-order valence-corrected chi connectivity index (χ2v) is 4.59. The van der Waals surface area contributed by atoms with Crippen LogP contribution in [0, 0.1) is 6.92 Å². The zero-order valence-corrected chi connectivity index (χ0v) is 12.2. The molecule has 0 heterocycles. The van der Waals surface area contributed by atoms with E-state index in [1.807, 2.05) is 6.92 Å². The minimum atomic E-state index is -0.155.